The van der Waals surface area contributed by atoms with E-state index in [1.807, 2.05) is 0 Å². The Morgan fingerprint density at radius 1 is 1.36 bits per heavy atom. The van der Waals surface area contributed by atoms with E-state index in [1.165, 1.54) is 32.5 Å². The number of aliphatic hydroxyl groups is 1. The minimum absolute atomic E-state index is 0.268. The lowest BCUT2D eigenvalue weighted by Crippen LogP contribution is -2.47. The van der Waals surface area contributed by atoms with Gasteiger partial charge < -0.3 is 15.3 Å². The molecule has 1 heterocycles. The Kier molecular flexibility index (Phi) is 5.45. The highest BCUT2D eigenvalue weighted by atomic mass is 16.3. The lowest BCUT2D eigenvalue weighted by atomic mass is 10.0. The number of hydrogen-bond donors (Lipinski definition) is 2. The molecule has 1 atom stereocenters. The number of piperidine rings is 1. The van der Waals surface area contributed by atoms with E-state index in [2.05, 4.69) is 24.1 Å². The smallest absolute Gasteiger partial charge is 0.0584 e. The number of nitrogens with one attached hydrogen (secondary N) is 1. The summed E-state index contributed by atoms with van der Waals surface area (Å²) in [6.45, 7) is 8.19. The molecule has 0 aromatic carbocycles. The number of rotatable bonds is 5. The van der Waals surface area contributed by atoms with Gasteiger partial charge in [-0.15, -0.1) is 0 Å². The van der Waals surface area contributed by atoms with Crippen LogP contribution in [0.2, 0.25) is 0 Å². The van der Waals surface area contributed by atoms with Gasteiger partial charge in [-0.25, -0.2) is 0 Å². The van der Waals surface area contributed by atoms with E-state index >= 15 is 0 Å². The van der Waals surface area contributed by atoms with Crippen LogP contribution in [0.1, 0.15) is 33.1 Å². The van der Waals surface area contributed by atoms with Crippen LogP contribution in [0.4, 0.5) is 0 Å². The van der Waals surface area contributed by atoms with Crippen LogP contribution in [0.15, 0.2) is 0 Å². The number of likely N-dealkylation sites (tertiary alicyclic amines) is 1. The van der Waals surface area contributed by atoms with Gasteiger partial charge in [-0.2, -0.15) is 0 Å². The molecular formula is C11H24N2O. The van der Waals surface area contributed by atoms with Gasteiger partial charge >= 0.3 is 0 Å². The number of hydrogen-bond acceptors (Lipinski definition) is 3. The first-order valence-corrected chi connectivity index (χ1v) is 5.89. The maximum absolute atomic E-state index is 9.08. The van der Waals surface area contributed by atoms with E-state index in [4.69, 9.17) is 5.11 Å². The average Bonchev–Trinajstić information content (AvgIpc) is 2.26. The lowest BCUT2D eigenvalue weighted by Gasteiger charge is -2.33. The van der Waals surface area contributed by atoms with Crippen molar-refractivity contribution >= 4 is 0 Å². The maximum Gasteiger partial charge on any atom is 0.0584 e. The molecule has 3 nitrogen and oxygen atoms in total. The topological polar surface area (TPSA) is 35.5 Å². The zero-order chi connectivity index (χ0) is 10.4. The lowest BCUT2D eigenvalue weighted by molar-refractivity contribution is 0.174. The maximum atomic E-state index is 9.08. The van der Waals surface area contributed by atoms with Gasteiger partial charge in [0.2, 0.25) is 0 Å². The van der Waals surface area contributed by atoms with Crippen LogP contribution in [0.5, 0.6) is 0 Å². The van der Waals surface area contributed by atoms with Gasteiger partial charge in [-0.3, -0.25) is 0 Å². The molecule has 0 amide bonds. The molecular weight excluding hydrogens is 176 g/mol. The zero-order valence-corrected chi connectivity index (χ0v) is 9.50. The molecule has 0 saturated carbocycles. The Bertz CT molecular complexity index is 140. The van der Waals surface area contributed by atoms with Crippen LogP contribution in [-0.4, -0.2) is 48.3 Å². The third-order valence-electron chi connectivity index (χ3n) is 3.22. The van der Waals surface area contributed by atoms with Gasteiger partial charge in [0.15, 0.2) is 0 Å². The van der Waals surface area contributed by atoms with Crippen molar-refractivity contribution in [1.82, 2.24) is 10.2 Å². The molecule has 0 bridgehead atoms. The van der Waals surface area contributed by atoms with Gasteiger partial charge in [0.05, 0.1) is 6.61 Å². The zero-order valence-electron chi connectivity index (χ0n) is 9.50. The largest absolute Gasteiger partial charge is 0.395 e. The van der Waals surface area contributed by atoms with Crippen LogP contribution in [0.25, 0.3) is 0 Å². The minimum Gasteiger partial charge on any atom is -0.395 e. The standard InChI is InChI=1S/C11H24N2O/c1-3-10(9-14)12-11-5-7-13(4-2)8-6-11/h10-12,14H,3-9H2,1-2H3/t10-/m1/s1. The summed E-state index contributed by atoms with van der Waals surface area (Å²) < 4.78 is 0. The summed E-state index contributed by atoms with van der Waals surface area (Å²) in [6.07, 6.45) is 3.47. The first-order chi connectivity index (χ1) is 6.80. The van der Waals surface area contributed by atoms with Crippen molar-refractivity contribution in [3.8, 4) is 0 Å². The number of nitrogens with zero attached hydrogens (tertiary/aromatic N) is 1. The van der Waals surface area contributed by atoms with E-state index in [1.54, 1.807) is 0 Å². The second kappa shape index (κ2) is 6.38. The molecule has 84 valence electrons. The van der Waals surface area contributed by atoms with Crippen molar-refractivity contribution < 1.29 is 5.11 Å². The van der Waals surface area contributed by atoms with Gasteiger partial charge in [0.25, 0.3) is 0 Å². The summed E-state index contributed by atoms with van der Waals surface area (Å²) in [6, 6.07) is 0.920. The fourth-order valence-electron chi connectivity index (χ4n) is 2.05. The van der Waals surface area contributed by atoms with Crippen molar-refractivity contribution in [1.29, 1.82) is 0 Å². The Labute approximate surface area is 87.5 Å². The Balaban J connectivity index is 2.21. The van der Waals surface area contributed by atoms with Gasteiger partial charge in [-0.05, 0) is 38.9 Å². The van der Waals surface area contributed by atoms with E-state index < -0.39 is 0 Å². The van der Waals surface area contributed by atoms with E-state index in [0.717, 1.165) is 6.42 Å². The van der Waals surface area contributed by atoms with Crippen molar-refractivity contribution in [2.24, 2.45) is 0 Å². The van der Waals surface area contributed by atoms with Crippen molar-refractivity contribution in [2.75, 3.05) is 26.2 Å². The van der Waals surface area contributed by atoms with E-state index in [-0.39, 0.29) is 6.61 Å². The average molecular weight is 200 g/mol. The molecule has 0 unspecified atom stereocenters. The summed E-state index contributed by atoms with van der Waals surface area (Å²) in [5, 5.41) is 12.6. The molecule has 0 aromatic heterocycles. The van der Waals surface area contributed by atoms with Gasteiger partial charge in [-0.1, -0.05) is 13.8 Å². The van der Waals surface area contributed by atoms with Gasteiger partial charge in [0.1, 0.15) is 0 Å². The van der Waals surface area contributed by atoms with Crippen LogP contribution in [0.3, 0.4) is 0 Å². The molecule has 1 fully saturated rings. The highest BCUT2D eigenvalue weighted by Gasteiger charge is 2.19. The van der Waals surface area contributed by atoms with Crippen LogP contribution in [0, 0.1) is 0 Å². The Hall–Kier alpha value is -0.120. The third-order valence-corrected chi connectivity index (χ3v) is 3.22. The summed E-state index contributed by atoms with van der Waals surface area (Å²) >= 11 is 0. The Morgan fingerprint density at radius 2 is 2.00 bits per heavy atom. The fraction of sp³-hybridized carbons (Fsp3) is 1.00. The van der Waals surface area contributed by atoms with Crippen molar-refractivity contribution in [3.63, 3.8) is 0 Å². The van der Waals surface area contributed by atoms with Gasteiger partial charge in [0, 0.05) is 12.1 Å². The van der Waals surface area contributed by atoms with Crippen LogP contribution < -0.4 is 5.32 Å². The fourth-order valence-corrected chi connectivity index (χ4v) is 2.05. The SMILES string of the molecule is CC[C@H](CO)NC1CCN(CC)CC1. The van der Waals surface area contributed by atoms with E-state index in [9.17, 15) is 0 Å². The summed E-state index contributed by atoms with van der Waals surface area (Å²) in [5.74, 6) is 0. The molecule has 0 radical (unpaired) electrons. The predicted octanol–water partition coefficient (Wildman–Crippen LogP) is 0.831. The molecule has 3 heteroatoms. The highest BCUT2D eigenvalue weighted by molar-refractivity contribution is 4.79. The molecule has 1 aliphatic rings. The first-order valence-electron chi connectivity index (χ1n) is 5.89. The highest BCUT2D eigenvalue weighted by Crippen LogP contribution is 2.10. The van der Waals surface area contributed by atoms with Crippen LogP contribution in [-0.2, 0) is 0 Å². The summed E-state index contributed by atoms with van der Waals surface area (Å²) in [7, 11) is 0. The molecule has 1 saturated heterocycles. The summed E-state index contributed by atoms with van der Waals surface area (Å²) in [5.41, 5.74) is 0. The molecule has 14 heavy (non-hydrogen) atoms. The molecule has 1 rings (SSSR count). The second-order valence-corrected chi connectivity index (χ2v) is 4.16. The molecule has 2 N–H and O–H groups in total. The number of aliphatic hydroxyl groups excluding tert-OH is 1. The predicted molar refractivity (Wildman–Crippen MR) is 59.4 cm³/mol. The minimum atomic E-state index is 0.268. The Morgan fingerprint density at radius 3 is 2.43 bits per heavy atom. The molecule has 0 aliphatic carbocycles. The third kappa shape index (κ3) is 3.56. The van der Waals surface area contributed by atoms with E-state index in [0.29, 0.717) is 12.1 Å². The monoisotopic (exact) mass is 200 g/mol. The second-order valence-electron chi connectivity index (χ2n) is 4.16. The normalized spacial score (nSPS) is 22.5. The van der Waals surface area contributed by atoms with Crippen molar-refractivity contribution in [2.45, 2.75) is 45.2 Å². The molecule has 0 spiro atoms. The first kappa shape index (κ1) is 12.0. The molecule has 0 aromatic rings. The quantitative estimate of drug-likeness (QED) is 0.690. The van der Waals surface area contributed by atoms with Crippen molar-refractivity contribution in [3.05, 3.63) is 0 Å². The summed E-state index contributed by atoms with van der Waals surface area (Å²) in [4.78, 5) is 2.48. The molecule has 1 aliphatic heterocycles. The van der Waals surface area contributed by atoms with Crippen LogP contribution >= 0.6 is 0 Å².